The van der Waals surface area contributed by atoms with Gasteiger partial charge in [0, 0.05) is 6.42 Å². The van der Waals surface area contributed by atoms with Crippen LogP contribution in [0.5, 0.6) is 0 Å². The summed E-state index contributed by atoms with van der Waals surface area (Å²) in [6, 6.07) is 8.20. The second-order valence-electron chi connectivity index (χ2n) is 6.40. The quantitative estimate of drug-likeness (QED) is 0.512. The fourth-order valence-corrected chi connectivity index (χ4v) is 1.95. The van der Waals surface area contributed by atoms with Crippen LogP contribution in [0.1, 0.15) is 26.3 Å². The van der Waals surface area contributed by atoms with Gasteiger partial charge in [-0.2, -0.15) is 0 Å². The van der Waals surface area contributed by atoms with Gasteiger partial charge < -0.3 is 20.5 Å². The predicted molar refractivity (Wildman–Crippen MR) is 91.4 cm³/mol. The van der Waals surface area contributed by atoms with E-state index in [0.29, 0.717) is 0 Å². The van der Waals surface area contributed by atoms with Crippen LogP contribution in [0.3, 0.4) is 0 Å². The van der Waals surface area contributed by atoms with Gasteiger partial charge in [0.1, 0.15) is 11.6 Å². The maximum atomic E-state index is 12.2. The number of hydrogen-bond acceptors (Lipinski definition) is 6. The second-order valence-corrected chi connectivity index (χ2v) is 6.40. The van der Waals surface area contributed by atoms with Gasteiger partial charge in [-0.3, -0.25) is 10.1 Å². The summed E-state index contributed by atoms with van der Waals surface area (Å²) in [6.45, 7) is 5.06. The summed E-state index contributed by atoms with van der Waals surface area (Å²) in [4.78, 5) is 35.7. The smallest absolute Gasteiger partial charge is 0.409 e. The molecule has 2 amide bonds. The molecule has 0 radical (unpaired) electrons. The van der Waals surface area contributed by atoms with Crippen LogP contribution in [0, 0.1) is 0 Å². The van der Waals surface area contributed by atoms with E-state index in [1.54, 1.807) is 20.8 Å². The molecule has 4 N–H and O–H groups in total. The van der Waals surface area contributed by atoms with Gasteiger partial charge in [-0.15, -0.1) is 0 Å². The van der Waals surface area contributed by atoms with Crippen LogP contribution in [0.4, 0.5) is 4.79 Å². The summed E-state index contributed by atoms with van der Waals surface area (Å²) in [5.41, 5.74) is 5.76. The molecule has 1 rings (SSSR count). The Labute approximate surface area is 147 Å². The molecule has 0 heterocycles. The molecule has 0 saturated carbocycles. The first-order valence-corrected chi connectivity index (χ1v) is 7.79. The standard InChI is InChI=1S/C17H25N3O5/c1-17(2,3)25-16(23)20-13(18)14(21)19-12(15(22)24-4)10-11-8-6-5-7-9-11/h5-9,12-13H,10,18H2,1-4H3,(H,19,21)(H,20,23)/t12-,13+/m0/s1. The molecule has 0 aliphatic rings. The van der Waals surface area contributed by atoms with Crippen molar-refractivity contribution in [1.82, 2.24) is 10.6 Å². The molecule has 0 spiro atoms. The van der Waals surface area contributed by atoms with Crippen LogP contribution < -0.4 is 16.4 Å². The van der Waals surface area contributed by atoms with Crippen molar-refractivity contribution in [3.63, 3.8) is 0 Å². The van der Waals surface area contributed by atoms with E-state index in [-0.39, 0.29) is 6.42 Å². The number of carbonyl (C=O) groups excluding carboxylic acids is 3. The Kier molecular flexibility index (Phi) is 7.38. The first-order chi connectivity index (χ1) is 11.6. The molecule has 138 valence electrons. The van der Waals surface area contributed by atoms with Gasteiger partial charge in [0.25, 0.3) is 5.91 Å². The van der Waals surface area contributed by atoms with Gasteiger partial charge in [-0.05, 0) is 26.3 Å². The number of nitrogens with two attached hydrogens (primary N) is 1. The Morgan fingerprint density at radius 1 is 1.12 bits per heavy atom. The summed E-state index contributed by atoms with van der Waals surface area (Å²) >= 11 is 0. The minimum atomic E-state index is -1.36. The molecule has 0 saturated heterocycles. The fraction of sp³-hybridized carbons (Fsp3) is 0.471. The van der Waals surface area contributed by atoms with Crippen molar-refractivity contribution in [1.29, 1.82) is 0 Å². The van der Waals surface area contributed by atoms with Crippen LogP contribution in [-0.4, -0.2) is 42.9 Å². The van der Waals surface area contributed by atoms with E-state index >= 15 is 0 Å². The number of hydrogen-bond donors (Lipinski definition) is 3. The minimum Gasteiger partial charge on any atom is -0.467 e. The third kappa shape index (κ3) is 7.67. The van der Waals surface area contributed by atoms with Gasteiger partial charge in [0.05, 0.1) is 7.11 Å². The highest BCUT2D eigenvalue weighted by Gasteiger charge is 2.26. The zero-order valence-corrected chi connectivity index (χ0v) is 14.9. The van der Waals surface area contributed by atoms with Crippen molar-refractivity contribution in [2.24, 2.45) is 5.73 Å². The van der Waals surface area contributed by atoms with Crippen LogP contribution in [0.15, 0.2) is 30.3 Å². The lowest BCUT2D eigenvalue weighted by atomic mass is 10.1. The van der Waals surface area contributed by atoms with Crippen LogP contribution in [-0.2, 0) is 25.5 Å². The number of alkyl carbamates (subject to hydrolysis) is 1. The number of carbonyl (C=O) groups is 3. The van der Waals surface area contributed by atoms with Crippen LogP contribution >= 0.6 is 0 Å². The van der Waals surface area contributed by atoms with E-state index in [1.807, 2.05) is 30.3 Å². The monoisotopic (exact) mass is 351 g/mol. The average Bonchev–Trinajstić information content (AvgIpc) is 2.52. The van der Waals surface area contributed by atoms with E-state index in [9.17, 15) is 14.4 Å². The normalized spacial score (nSPS) is 13.3. The fourth-order valence-electron chi connectivity index (χ4n) is 1.95. The molecular weight excluding hydrogens is 326 g/mol. The Hall–Kier alpha value is -2.61. The lowest BCUT2D eigenvalue weighted by molar-refractivity contribution is -0.145. The van der Waals surface area contributed by atoms with Crippen molar-refractivity contribution in [3.05, 3.63) is 35.9 Å². The molecule has 2 atom stereocenters. The molecule has 0 aromatic heterocycles. The SMILES string of the molecule is COC(=O)[C@H](Cc1ccccc1)NC(=O)[C@H](N)NC(=O)OC(C)(C)C. The Morgan fingerprint density at radius 3 is 2.24 bits per heavy atom. The van der Waals surface area contributed by atoms with Gasteiger partial charge in [0.2, 0.25) is 0 Å². The van der Waals surface area contributed by atoms with Gasteiger partial charge in [-0.1, -0.05) is 30.3 Å². The molecule has 1 aromatic carbocycles. The number of amides is 2. The predicted octanol–water partition coefficient (Wildman–Crippen LogP) is 0.696. The van der Waals surface area contributed by atoms with Gasteiger partial charge in [0.15, 0.2) is 6.17 Å². The Balaban J connectivity index is 2.68. The largest absolute Gasteiger partial charge is 0.467 e. The topological polar surface area (TPSA) is 120 Å². The van der Waals surface area contributed by atoms with Crippen LogP contribution in [0.2, 0.25) is 0 Å². The molecule has 8 heteroatoms. The van der Waals surface area contributed by atoms with Crippen molar-refractivity contribution in [2.75, 3.05) is 7.11 Å². The summed E-state index contributed by atoms with van der Waals surface area (Å²) in [5, 5.41) is 4.69. The molecule has 0 fully saturated rings. The van der Waals surface area contributed by atoms with Crippen molar-refractivity contribution in [2.45, 2.75) is 45.0 Å². The summed E-state index contributed by atoms with van der Waals surface area (Å²) in [5.74, 6) is -1.33. The average molecular weight is 351 g/mol. The van der Waals surface area contributed by atoms with Gasteiger partial charge >= 0.3 is 12.1 Å². The lowest BCUT2D eigenvalue weighted by Gasteiger charge is -2.23. The van der Waals surface area contributed by atoms with E-state index in [0.717, 1.165) is 5.56 Å². The van der Waals surface area contributed by atoms with E-state index in [4.69, 9.17) is 15.2 Å². The third-order valence-electron chi connectivity index (χ3n) is 3.04. The molecule has 8 nitrogen and oxygen atoms in total. The zero-order valence-electron chi connectivity index (χ0n) is 14.9. The Morgan fingerprint density at radius 2 is 1.72 bits per heavy atom. The van der Waals surface area contributed by atoms with E-state index in [2.05, 4.69) is 10.6 Å². The molecule has 25 heavy (non-hydrogen) atoms. The number of nitrogens with one attached hydrogen (secondary N) is 2. The van der Waals surface area contributed by atoms with Crippen molar-refractivity contribution < 1.29 is 23.9 Å². The maximum Gasteiger partial charge on any atom is 0.409 e. The summed E-state index contributed by atoms with van der Waals surface area (Å²) in [7, 11) is 1.23. The molecular formula is C17H25N3O5. The maximum absolute atomic E-state index is 12.2. The number of ether oxygens (including phenoxy) is 2. The van der Waals surface area contributed by atoms with Gasteiger partial charge in [-0.25, -0.2) is 9.59 Å². The highest BCUT2D eigenvalue weighted by molar-refractivity contribution is 5.89. The Bertz CT molecular complexity index is 598. The highest BCUT2D eigenvalue weighted by Crippen LogP contribution is 2.07. The summed E-state index contributed by atoms with van der Waals surface area (Å²) < 4.78 is 9.73. The molecule has 0 aliphatic carbocycles. The number of benzene rings is 1. The first-order valence-electron chi connectivity index (χ1n) is 7.79. The van der Waals surface area contributed by atoms with Crippen molar-refractivity contribution >= 4 is 18.0 Å². The number of esters is 1. The molecule has 0 bridgehead atoms. The van der Waals surface area contributed by atoms with Crippen LogP contribution in [0.25, 0.3) is 0 Å². The second kappa shape index (κ2) is 9.03. The molecule has 0 unspecified atom stereocenters. The first kappa shape index (κ1) is 20.4. The molecule has 0 aliphatic heterocycles. The summed E-state index contributed by atoms with van der Waals surface area (Å²) in [6.07, 6.45) is -1.95. The minimum absolute atomic E-state index is 0.235. The number of methoxy groups -OCH3 is 1. The van der Waals surface area contributed by atoms with E-state index < -0.39 is 35.8 Å². The van der Waals surface area contributed by atoms with Crippen molar-refractivity contribution in [3.8, 4) is 0 Å². The third-order valence-corrected chi connectivity index (χ3v) is 3.04. The lowest BCUT2D eigenvalue weighted by Crippen LogP contribution is -2.56. The van der Waals surface area contributed by atoms with E-state index in [1.165, 1.54) is 7.11 Å². The number of rotatable bonds is 6. The zero-order chi connectivity index (χ0) is 19.0. The highest BCUT2D eigenvalue weighted by atomic mass is 16.6. The molecule has 1 aromatic rings.